The van der Waals surface area contributed by atoms with Crippen molar-refractivity contribution in [2.24, 2.45) is 16.2 Å². The molecular weight excluding hydrogens is 246 g/mol. The second-order valence-corrected chi connectivity index (χ2v) is 9.80. The summed E-state index contributed by atoms with van der Waals surface area (Å²) in [5.41, 5.74) is 0.587. The number of Topliss-reactive ketones (excluding diaryl/α,β-unsaturated/α-hetero) is 1. The summed E-state index contributed by atoms with van der Waals surface area (Å²) in [6.07, 6.45) is 3.66. The molecule has 0 amide bonds. The highest BCUT2D eigenvalue weighted by Gasteiger charge is 2.61. The standard InChI is InChI=1S/C18H33NO/c1-15(2,3)14(20)13-11-18(10-9-17(18,7)8)12-19(13)16(4,5)6/h13H,9-12H2,1-8H3/t13-,18?/m0/s1. The van der Waals surface area contributed by atoms with Gasteiger partial charge in [0, 0.05) is 17.5 Å². The summed E-state index contributed by atoms with van der Waals surface area (Å²) >= 11 is 0. The maximum Gasteiger partial charge on any atom is 0.155 e. The van der Waals surface area contributed by atoms with Gasteiger partial charge in [-0.15, -0.1) is 0 Å². The number of carbonyl (C=O) groups is 1. The van der Waals surface area contributed by atoms with E-state index in [2.05, 4.69) is 60.3 Å². The van der Waals surface area contributed by atoms with Gasteiger partial charge in [0.25, 0.3) is 0 Å². The highest BCUT2D eigenvalue weighted by molar-refractivity contribution is 5.89. The molecule has 1 spiro atoms. The number of likely N-dealkylation sites (tertiary alicyclic amines) is 1. The predicted molar refractivity (Wildman–Crippen MR) is 84.8 cm³/mol. The average Bonchev–Trinajstić information content (AvgIpc) is 2.67. The van der Waals surface area contributed by atoms with Crippen LogP contribution in [-0.4, -0.2) is 28.8 Å². The molecule has 116 valence electrons. The molecule has 2 atom stereocenters. The van der Waals surface area contributed by atoms with Crippen molar-refractivity contribution in [3.8, 4) is 0 Å². The predicted octanol–water partition coefficient (Wildman–Crippen LogP) is 4.28. The van der Waals surface area contributed by atoms with E-state index >= 15 is 0 Å². The zero-order valence-corrected chi connectivity index (χ0v) is 14.8. The normalized spacial score (nSPS) is 34.3. The second-order valence-electron chi connectivity index (χ2n) is 9.80. The summed E-state index contributed by atoms with van der Waals surface area (Å²) in [5.74, 6) is 0.423. The van der Waals surface area contributed by atoms with Crippen LogP contribution in [0.25, 0.3) is 0 Å². The van der Waals surface area contributed by atoms with Gasteiger partial charge in [-0.25, -0.2) is 0 Å². The van der Waals surface area contributed by atoms with Gasteiger partial charge in [-0.2, -0.15) is 0 Å². The first-order chi connectivity index (χ1) is 8.80. The van der Waals surface area contributed by atoms with Crippen LogP contribution in [0, 0.1) is 16.2 Å². The minimum atomic E-state index is -0.242. The topological polar surface area (TPSA) is 20.3 Å². The number of hydrogen-bond donors (Lipinski definition) is 0. The Hall–Kier alpha value is -0.370. The van der Waals surface area contributed by atoms with Crippen molar-refractivity contribution in [3.63, 3.8) is 0 Å². The number of carbonyl (C=O) groups excluding carboxylic acids is 1. The van der Waals surface area contributed by atoms with E-state index in [0.29, 0.717) is 16.6 Å². The van der Waals surface area contributed by atoms with Gasteiger partial charge in [-0.3, -0.25) is 9.69 Å². The summed E-state index contributed by atoms with van der Waals surface area (Å²) in [6.45, 7) is 18.8. The van der Waals surface area contributed by atoms with Gasteiger partial charge in [0.1, 0.15) is 0 Å². The van der Waals surface area contributed by atoms with Crippen LogP contribution < -0.4 is 0 Å². The third-order valence-electron chi connectivity index (χ3n) is 6.00. The van der Waals surface area contributed by atoms with Gasteiger partial charge in [0.2, 0.25) is 0 Å². The van der Waals surface area contributed by atoms with Gasteiger partial charge >= 0.3 is 0 Å². The molecule has 2 fully saturated rings. The van der Waals surface area contributed by atoms with E-state index in [1.165, 1.54) is 12.8 Å². The summed E-state index contributed by atoms with van der Waals surface area (Å²) in [6, 6.07) is 0.106. The Morgan fingerprint density at radius 1 is 1.05 bits per heavy atom. The third kappa shape index (κ3) is 2.34. The molecule has 0 aromatic rings. The van der Waals surface area contributed by atoms with E-state index < -0.39 is 0 Å². The van der Waals surface area contributed by atoms with Crippen molar-refractivity contribution in [1.82, 2.24) is 4.90 Å². The van der Waals surface area contributed by atoms with Gasteiger partial charge in [-0.05, 0) is 50.9 Å². The molecule has 2 nitrogen and oxygen atoms in total. The molecule has 1 aliphatic heterocycles. The molecular formula is C18H33NO. The van der Waals surface area contributed by atoms with E-state index in [0.717, 1.165) is 13.0 Å². The zero-order valence-electron chi connectivity index (χ0n) is 14.8. The average molecular weight is 279 g/mol. The first-order valence-electron chi connectivity index (χ1n) is 8.11. The van der Waals surface area contributed by atoms with Crippen LogP contribution in [0.3, 0.4) is 0 Å². The lowest BCUT2D eigenvalue weighted by Gasteiger charge is -2.55. The molecule has 1 heterocycles. The first-order valence-corrected chi connectivity index (χ1v) is 8.11. The van der Waals surface area contributed by atoms with E-state index in [9.17, 15) is 4.79 Å². The Labute approximate surface area is 125 Å². The van der Waals surface area contributed by atoms with Gasteiger partial charge < -0.3 is 0 Å². The van der Waals surface area contributed by atoms with Crippen LogP contribution >= 0.6 is 0 Å². The van der Waals surface area contributed by atoms with Crippen molar-refractivity contribution in [1.29, 1.82) is 0 Å². The van der Waals surface area contributed by atoms with E-state index in [1.54, 1.807) is 0 Å². The van der Waals surface area contributed by atoms with Crippen LogP contribution in [0.2, 0.25) is 0 Å². The van der Waals surface area contributed by atoms with E-state index in [4.69, 9.17) is 0 Å². The quantitative estimate of drug-likeness (QED) is 0.714. The largest absolute Gasteiger partial charge is 0.297 e. The van der Waals surface area contributed by atoms with Crippen molar-refractivity contribution < 1.29 is 4.79 Å². The molecule has 1 saturated carbocycles. The molecule has 0 radical (unpaired) electrons. The molecule has 2 aliphatic rings. The summed E-state index contributed by atoms with van der Waals surface area (Å²) in [7, 11) is 0. The minimum absolute atomic E-state index is 0.0702. The van der Waals surface area contributed by atoms with Crippen molar-refractivity contribution in [2.45, 2.75) is 86.2 Å². The minimum Gasteiger partial charge on any atom is -0.297 e. The fourth-order valence-electron chi connectivity index (χ4n) is 4.07. The number of nitrogens with zero attached hydrogens (tertiary/aromatic N) is 1. The number of rotatable bonds is 1. The van der Waals surface area contributed by atoms with Crippen LogP contribution in [0.1, 0.15) is 74.7 Å². The molecule has 1 saturated heterocycles. The lowest BCUT2D eigenvalue weighted by atomic mass is 9.50. The molecule has 1 aliphatic carbocycles. The van der Waals surface area contributed by atoms with Crippen LogP contribution in [0.4, 0.5) is 0 Å². The number of hydrogen-bond acceptors (Lipinski definition) is 2. The molecule has 0 bridgehead atoms. The fourth-order valence-corrected chi connectivity index (χ4v) is 4.07. The molecule has 20 heavy (non-hydrogen) atoms. The Morgan fingerprint density at radius 2 is 1.60 bits per heavy atom. The second kappa shape index (κ2) is 4.32. The monoisotopic (exact) mass is 279 g/mol. The molecule has 0 aromatic carbocycles. The first kappa shape index (κ1) is 16.0. The summed E-state index contributed by atoms with van der Waals surface area (Å²) in [5, 5.41) is 0. The highest BCUT2D eigenvalue weighted by atomic mass is 16.1. The molecule has 2 rings (SSSR count). The third-order valence-corrected chi connectivity index (χ3v) is 6.00. The zero-order chi connectivity index (χ0) is 15.6. The van der Waals surface area contributed by atoms with Crippen molar-refractivity contribution in [3.05, 3.63) is 0 Å². The molecule has 1 unspecified atom stereocenters. The van der Waals surface area contributed by atoms with E-state index in [1.807, 2.05) is 0 Å². The maximum absolute atomic E-state index is 12.9. The van der Waals surface area contributed by atoms with Crippen molar-refractivity contribution >= 4 is 5.78 Å². The highest BCUT2D eigenvalue weighted by Crippen LogP contribution is 2.63. The summed E-state index contributed by atoms with van der Waals surface area (Å²) in [4.78, 5) is 15.4. The SMILES string of the molecule is CC(C)(C)C(=O)[C@@H]1CC2(CCC2(C)C)CN1C(C)(C)C. The Balaban J connectivity index is 2.33. The van der Waals surface area contributed by atoms with Gasteiger partial charge in [0.15, 0.2) is 5.78 Å². The Morgan fingerprint density at radius 3 is 1.90 bits per heavy atom. The molecule has 0 N–H and O–H groups in total. The Bertz CT molecular complexity index is 410. The molecule has 0 aromatic heterocycles. The van der Waals surface area contributed by atoms with Gasteiger partial charge in [-0.1, -0.05) is 34.6 Å². The number of ketones is 1. The van der Waals surface area contributed by atoms with E-state index in [-0.39, 0.29) is 17.0 Å². The molecule has 2 heteroatoms. The lowest BCUT2D eigenvalue weighted by molar-refractivity contribution is -0.132. The summed E-state index contributed by atoms with van der Waals surface area (Å²) < 4.78 is 0. The van der Waals surface area contributed by atoms with Crippen LogP contribution in [0.5, 0.6) is 0 Å². The lowest BCUT2D eigenvalue weighted by Crippen LogP contribution is -2.52. The van der Waals surface area contributed by atoms with Crippen LogP contribution in [-0.2, 0) is 4.79 Å². The maximum atomic E-state index is 12.9. The Kier molecular flexibility index (Phi) is 3.45. The van der Waals surface area contributed by atoms with Crippen molar-refractivity contribution in [2.75, 3.05) is 6.54 Å². The fraction of sp³-hybridized carbons (Fsp3) is 0.944. The van der Waals surface area contributed by atoms with Gasteiger partial charge in [0.05, 0.1) is 6.04 Å². The van der Waals surface area contributed by atoms with Crippen LogP contribution in [0.15, 0.2) is 0 Å². The smallest absolute Gasteiger partial charge is 0.155 e.